The minimum absolute atomic E-state index is 0.0269. The number of ketones is 1. The number of likely N-dealkylation sites (N-methyl/N-ethyl adjacent to an activating group) is 1. The van der Waals surface area contributed by atoms with Gasteiger partial charge in [-0.15, -0.1) is 0 Å². The molecule has 0 aliphatic heterocycles. The zero-order valence-corrected chi connectivity index (χ0v) is 13.0. The highest BCUT2D eigenvalue weighted by atomic mass is 16.4. The van der Waals surface area contributed by atoms with Crippen molar-refractivity contribution in [2.75, 3.05) is 27.7 Å². The summed E-state index contributed by atoms with van der Waals surface area (Å²) in [4.78, 5) is 22.8. The Morgan fingerprint density at radius 3 is 2.30 bits per heavy atom. The van der Waals surface area contributed by atoms with Crippen LogP contribution in [0.5, 0.6) is 0 Å². The third-order valence-electron chi connectivity index (χ3n) is 2.87. The fourth-order valence-electron chi connectivity index (χ4n) is 2.10. The van der Waals surface area contributed by atoms with Gasteiger partial charge in [-0.2, -0.15) is 0 Å². The molecule has 0 aromatic heterocycles. The largest absolute Gasteiger partial charge is 0.550 e. The fraction of sp³-hybridized carbons (Fsp3) is 0.733. The number of carbonyl (C=O) groups is 2. The van der Waals surface area contributed by atoms with Gasteiger partial charge < -0.3 is 19.5 Å². The van der Waals surface area contributed by atoms with Crippen molar-refractivity contribution in [3.63, 3.8) is 0 Å². The van der Waals surface area contributed by atoms with Gasteiger partial charge in [-0.3, -0.25) is 4.79 Å². The molecule has 0 radical (unpaired) electrons. The summed E-state index contributed by atoms with van der Waals surface area (Å²) in [6.45, 7) is 2.12. The second-order valence-corrected chi connectivity index (χ2v) is 6.29. The SMILES string of the molecule is CCCCC/C=C/C(=O)C(O)(CC(=O)[O-])C[N+](C)(C)C. The molecule has 5 nitrogen and oxygen atoms in total. The van der Waals surface area contributed by atoms with Crippen molar-refractivity contribution in [3.8, 4) is 0 Å². The number of aliphatic carboxylic acids is 1. The minimum atomic E-state index is -1.90. The second kappa shape index (κ2) is 8.17. The van der Waals surface area contributed by atoms with Crippen molar-refractivity contribution >= 4 is 11.8 Å². The second-order valence-electron chi connectivity index (χ2n) is 6.29. The van der Waals surface area contributed by atoms with E-state index in [1.807, 2.05) is 0 Å². The van der Waals surface area contributed by atoms with Gasteiger partial charge >= 0.3 is 0 Å². The molecule has 0 saturated heterocycles. The molecule has 0 heterocycles. The molecule has 0 aliphatic carbocycles. The number of rotatable bonds is 10. The molecular formula is C15H27NO4. The Hall–Kier alpha value is -1.20. The molecule has 0 bridgehead atoms. The van der Waals surface area contributed by atoms with Crippen molar-refractivity contribution in [2.45, 2.75) is 44.6 Å². The van der Waals surface area contributed by atoms with Crippen LogP contribution in [0.25, 0.3) is 0 Å². The summed E-state index contributed by atoms with van der Waals surface area (Å²) >= 11 is 0. The van der Waals surface area contributed by atoms with Gasteiger partial charge in [0.15, 0.2) is 11.4 Å². The molecule has 1 N–H and O–H groups in total. The molecule has 1 unspecified atom stereocenters. The number of unbranched alkanes of at least 4 members (excludes halogenated alkanes) is 3. The molecular weight excluding hydrogens is 258 g/mol. The van der Waals surface area contributed by atoms with Crippen LogP contribution in [0.15, 0.2) is 12.2 Å². The number of carboxylic acid groups (broad SMARTS) is 1. The molecule has 0 aromatic carbocycles. The van der Waals surface area contributed by atoms with Crippen LogP contribution in [0.1, 0.15) is 39.0 Å². The zero-order valence-electron chi connectivity index (χ0n) is 13.0. The number of hydrogen-bond donors (Lipinski definition) is 1. The smallest absolute Gasteiger partial charge is 0.193 e. The quantitative estimate of drug-likeness (QED) is 0.355. The number of carbonyl (C=O) groups excluding carboxylic acids is 2. The van der Waals surface area contributed by atoms with E-state index in [0.717, 1.165) is 25.7 Å². The Balaban J connectivity index is 4.76. The molecule has 20 heavy (non-hydrogen) atoms. The lowest BCUT2D eigenvalue weighted by Crippen LogP contribution is -2.55. The predicted octanol–water partition coefficient (Wildman–Crippen LogP) is 0.269. The van der Waals surface area contributed by atoms with Crippen LogP contribution < -0.4 is 5.11 Å². The van der Waals surface area contributed by atoms with E-state index in [9.17, 15) is 19.8 Å². The van der Waals surface area contributed by atoms with Gasteiger partial charge in [0, 0.05) is 12.4 Å². The van der Waals surface area contributed by atoms with Crippen molar-refractivity contribution in [2.24, 2.45) is 0 Å². The van der Waals surface area contributed by atoms with Gasteiger partial charge in [0.1, 0.15) is 6.54 Å². The summed E-state index contributed by atoms with van der Waals surface area (Å²) in [5, 5.41) is 21.1. The van der Waals surface area contributed by atoms with Gasteiger partial charge in [-0.05, 0) is 18.9 Å². The van der Waals surface area contributed by atoms with Gasteiger partial charge in [-0.1, -0.05) is 25.8 Å². The van der Waals surface area contributed by atoms with E-state index in [2.05, 4.69) is 6.92 Å². The first-order valence-electron chi connectivity index (χ1n) is 7.04. The number of carboxylic acids is 1. The summed E-state index contributed by atoms with van der Waals surface area (Å²) in [5.74, 6) is -1.99. The minimum Gasteiger partial charge on any atom is -0.550 e. The third-order valence-corrected chi connectivity index (χ3v) is 2.87. The van der Waals surface area contributed by atoms with E-state index in [1.165, 1.54) is 6.08 Å². The normalized spacial score (nSPS) is 15.2. The summed E-state index contributed by atoms with van der Waals surface area (Å²) in [6.07, 6.45) is 6.24. The van der Waals surface area contributed by atoms with Crippen LogP contribution in [-0.4, -0.2) is 54.6 Å². The summed E-state index contributed by atoms with van der Waals surface area (Å²) in [6, 6.07) is 0. The Kier molecular flexibility index (Phi) is 7.68. The number of hydrogen-bond acceptors (Lipinski definition) is 4. The predicted molar refractivity (Wildman–Crippen MR) is 75.8 cm³/mol. The average molecular weight is 285 g/mol. The highest BCUT2D eigenvalue weighted by Gasteiger charge is 2.39. The van der Waals surface area contributed by atoms with Crippen LogP contribution in [0, 0.1) is 0 Å². The Labute approximate surface area is 121 Å². The van der Waals surface area contributed by atoms with E-state index in [1.54, 1.807) is 27.2 Å². The molecule has 1 atom stereocenters. The maximum absolute atomic E-state index is 12.1. The number of aliphatic hydroxyl groups is 1. The van der Waals surface area contributed by atoms with Crippen LogP contribution in [0.3, 0.4) is 0 Å². The van der Waals surface area contributed by atoms with Crippen molar-refractivity contribution < 1.29 is 24.3 Å². The standard InChI is InChI=1S/C15H27NO4/c1-5-6-7-8-9-10-13(17)15(20,11-14(18)19)12-16(2,3)4/h9-10,20H,5-8,11-12H2,1-4H3/b10-9+. The molecule has 0 spiro atoms. The van der Waals surface area contributed by atoms with Crippen LogP contribution >= 0.6 is 0 Å². The highest BCUT2D eigenvalue weighted by molar-refractivity contribution is 5.99. The molecule has 0 amide bonds. The van der Waals surface area contributed by atoms with Crippen molar-refractivity contribution in [3.05, 3.63) is 12.2 Å². The summed E-state index contributed by atoms with van der Waals surface area (Å²) in [5.41, 5.74) is -1.90. The lowest BCUT2D eigenvalue weighted by atomic mass is 9.92. The van der Waals surface area contributed by atoms with Gasteiger partial charge in [0.05, 0.1) is 21.1 Å². The molecule has 5 heteroatoms. The fourth-order valence-corrected chi connectivity index (χ4v) is 2.10. The van der Waals surface area contributed by atoms with E-state index in [4.69, 9.17) is 0 Å². The van der Waals surface area contributed by atoms with Crippen molar-refractivity contribution in [1.82, 2.24) is 0 Å². The maximum atomic E-state index is 12.1. The van der Waals surface area contributed by atoms with Gasteiger partial charge in [0.25, 0.3) is 0 Å². The average Bonchev–Trinajstić information content (AvgIpc) is 2.24. The van der Waals surface area contributed by atoms with Gasteiger partial charge in [-0.25, -0.2) is 0 Å². The van der Waals surface area contributed by atoms with Crippen molar-refractivity contribution in [1.29, 1.82) is 0 Å². The lowest BCUT2D eigenvalue weighted by molar-refractivity contribution is -0.875. The monoisotopic (exact) mass is 285 g/mol. The van der Waals surface area contributed by atoms with E-state index in [-0.39, 0.29) is 6.54 Å². The van der Waals surface area contributed by atoms with E-state index >= 15 is 0 Å². The Bertz CT molecular complexity index is 357. The number of nitrogens with zero attached hydrogens (tertiary/aromatic N) is 1. The third kappa shape index (κ3) is 8.07. The highest BCUT2D eigenvalue weighted by Crippen LogP contribution is 2.16. The number of allylic oxidation sites excluding steroid dienone is 1. The zero-order chi connectivity index (χ0) is 15.8. The first-order valence-corrected chi connectivity index (χ1v) is 7.04. The Morgan fingerprint density at radius 2 is 1.85 bits per heavy atom. The van der Waals surface area contributed by atoms with E-state index < -0.39 is 23.8 Å². The van der Waals surface area contributed by atoms with Crippen LogP contribution in [-0.2, 0) is 9.59 Å². The topological polar surface area (TPSA) is 77.4 Å². The van der Waals surface area contributed by atoms with Gasteiger partial charge in [0.2, 0.25) is 0 Å². The summed E-state index contributed by atoms with van der Waals surface area (Å²) in [7, 11) is 5.37. The Morgan fingerprint density at radius 1 is 1.25 bits per heavy atom. The molecule has 116 valence electrons. The summed E-state index contributed by atoms with van der Waals surface area (Å²) < 4.78 is 0.291. The first-order chi connectivity index (χ1) is 9.10. The molecule has 0 aliphatic rings. The molecule has 0 saturated carbocycles. The molecule has 0 aromatic rings. The first kappa shape index (κ1) is 18.8. The van der Waals surface area contributed by atoms with Crippen LogP contribution in [0.4, 0.5) is 0 Å². The van der Waals surface area contributed by atoms with Crippen LogP contribution in [0.2, 0.25) is 0 Å². The number of quaternary nitrogens is 1. The molecule has 0 fully saturated rings. The van der Waals surface area contributed by atoms with E-state index in [0.29, 0.717) is 4.48 Å². The lowest BCUT2D eigenvalue weighted by Gasteiger charge is -2.34. The molecule has 0 rings (SSSR count). The maximum Gasteiger partial charge on any atom is 0.193 e.